The maximum absolute atomic E-state index is 8.63. The first-order chi connectivity index (χ1) is 4.29. The van der Waals surface area contributed by atoms with Crippen LogP contribution in [0.4, 0.5) is 0 Å². The Kier molecular flexibility index (Phi) is 1.88. The molecule has 0 aliphatic heterocycles. The van der Waals surface area contributed by atoms with Gasteiger partial charge in [0.05, 0.1) is 0 Å². The van der Waals surface area contributed by atoms with Gasteiger partial charge in [-0.3, -0.25) is 0 Å². The molecule has 0 unspecified atom stereocenters. The van der Waals surface area contributed by atoms with Gasteiger partial charge in [-0.25, -0.2) is 0 Å². The van der Waals surface area contributed by atoms with E-state index >= 15 is 0 Å². The van der Waals surface area contributed by atoms with E-state index < -0.39 is 0 Å². The highest BCUT2D eigenvalue weighted by molar-refractivity contribution is 5.00. The first-order valence-electron chi connectivity index (χ1n) is 3.28. The lowest BCUT2D eigenvalue weighted by Crippen LogP contribution is -2.20. The lowest BCUT2D eigenvalue weighted by molar-refractivity contribution is 0.267. The molecule has 0 spiro atoms. The van der Waals surface area contributed by atoms with Crippen LogP contribution >= 0.6 is 0 Å². The lowest BCUT2D eigenvalue weighted by atomic mass is 10.2. The largest absolute Gasteiger partial charge is 0.396 e. The van der Waals surface area contributed by atoms with E-state index in [0.29, 0.717) is 11.8 Å². The molecule has 0 aromatic heterocycles. The summed E-state index contributed by atoms with van der Waals surface area (Å²) in [4.78, 5) is 0. The summed E-state index contributed by atoms with van der Waals surface area (Å²) in [7, 11) is 0. The van der Waals surface area contributed by atoms with Gasteiger partial charge in [0.2, 0.25) is 0 Å². The topological polar surface area (TPSA) is 46.2 Å². The van der Waals surface area contributed by atoms with Crippen molar-refractivity contribution in [3.63, 3.8) is 0 Å². The van der Waals surface area contributed by atoms with Crippen molar-refractivity contribution in [2.75, 3.05) is 6.61 Å². The van der Waals surface area contributed by atoms with Crippen LogP contribution in [0.3, 0.4) is 0 Å². The zero-order chi connectivity index (χ0) is 6.85. The molecule has 1 saturated carbocycles. The molecule has 1 fully saturated rings. The lowest BCUT2D eigenvalue weighted by Gasteiger charge is -2.01. The normalized spacial score (nSPS) is 35.8. The van der Waals surface area contributed by atoms with E-state index in [4.69, 9.17) is 10.8 Å². The number of rotatable bonds is 3. The van der Waals surface area contributed by atoms with Crippen LogP contribution in [0, 0.1) is 11.8 Å². The van der Waals surface area contributed by atoms with Crippen LogP contribution in [-0.2, 0) is 0 Å². The van der Waals surface area contributed by atoms with Crippen molar-refractivity contribution >= 4 is 0 Å². The zero-order valence-electron chi connectivity index (χ0n) is 5.46. The smallest absolute Gasteiger partial charge is 0.0462 e. The SMILES string of the molecule is C=C[C@H](N)[C@@H]1C[C@@H]1CO. The number of nitrogens with two attached hydrogens (primary N) is 1. The number of aliphatic hydroxyl groups is 1. The Labute approximate surface area is 55.4 Å². The molecule has 2 nitrogen and oxygen atoms in total. The molecule has 2 heteroatoms. The molecule has 3 N–H and O–H groups in total. The minimum absolute atomic E-state index is 0.0992. The molecule has 0 amide bonds. The molecular formula is C7H13NO. The highest BCUT2D eigenvalue weighted by Gasteiger charge is 2.39. The number of hydrogen-bond acceptors (Lipinski definition) is 2. The molecule has 52 valence electrons. The zero-order valence-corrected chi connectivity index (χ0v) is 5.46. The molecule has 0 saturated heterocycles. The Morgan fingerprint density at radius 1 is 1.89 bits per heavy atom. The highest BCUT2D eigenvalue weighted by Crippen LogP contribution is 2.39. The van der Waals surface area contributed by atoms with Gasteiger partial charge in [-0.15, -0.1) is 6.58 Å². The summed E-state index contributed by atoms with van der Waals surface area (Å²) in [6, 6.07) is 0.0992. The summed E-state index contributed by atoms with van der Waals surface area (Å²) in [5.41, 5.74) is 5.62. The van der Waals surface area contributed by atoms with Gasteiger partial charge in [-0.1, -0.05) is 6.08 Å². The second kappa shape index (κ2) is 2.50. The van der Waals surface area contributed by atoms with E-state index in [1.54, 1.807) is 6.08 Å². The van der Waals surface area contributed by atoms with Crippen molar-refractivity contribution in [3.05, 3.63) is 12.7 Å². The van der Waals surface area contributed by atoms with Crippen LogP contribution < -0.4 is 5.73 Å². The monoisotopic (exact) mass is 127 g/mol. The molecule has 0 aromatic carbocycles. The molecule has 0 radical (unpaired) electrons. The third-order valence-corrected chi connectivity index (χ3v) is 1.98. The Balaban J connectivity index is 2.24. The highest BCUT2D eigenvalue weighted by atomic mass is 16.3. The van der Waals surface area contributed by atoms with Crippen LogP contribution in [0.2, 0.25) is 0 Å². The molecule has 1 aliphatic rings. The Hall–Kier alpha value is -0.340. The fourth-order valence-corrected chi connectivity index (χ4v) is 1.13. The van der Waals surface area contributed by atoms with Crippen LogP contribution in [0.15, 0.2) is 12.7 Å². The van der Waals surface area contributed by atoms with Gasteiger partial charge in [0, 0.05) is 12.6 Å². The Morgan fingerprint density at radius 2 is 2.56 bits per heavy atom. The number of hydrogen-bond donors (Lipinski definition) is 2. The van der Waals surface area contributed by atoms with Gasteiger partial charge in [0.1, 0.15) is 0 Å². The van der Waals surface area contributed by atoms with Crippen molar-refractivity contribution in [1.29, 1.82) is 0 Å². The van der Waals surface area contributed by atoms with Crippen LogP contribution in [-0.4, -0.2) is 17.8 Å². The third kappa shape index (κ3) is 1.32. The molecular weight excluding hydrogens is 114 g/mol. The second-order valence-corrected chi connectivity index (χ2v) is 2.66. The molecule has 9 heavy (non-hydrogen) atoms. The van der Waals surface area contributed by atoms with E-state index in [1.807, 2.05) is 0 Å². The molecule has 0 bridgehead atoms. The minimum atomic E-state index is 0.0992. The van der Waals surface area contributed by atoms with E-state index in [2.05, 4.69) is 6.58 Å². The summed E-state index contributed by atoms with van der Waals surface area (Å²) < 4.78 is 0. The van der Waals surface area contributed by atoms with E-state index in [1.165, 1.54) is 0 Å². The molecule has 0 heterocycles. The summed E-state index contributed by atoms with van der Waals surface area (Å²) >= 11 is 0. The first kappa shape index (κ1) is 6.78. The fourth-order valence-electron chi connectivity index (χ4n) is 1.13. The van der Waals surface area contributed by atoms with E-state index in [-0.39, 0.29) is 12.6 Å². The third-order valence-electron chi connectivity index (χ3n) is 1.98. The van der Waals surface area contributed by atoms with Crippen molar-refractivity contribution < 1.29 is 5.11 Å². The quantitative estimate of drug-likeness (QED) is 0.529. The van der Waals surface area contributed by atoms with Gasteiger partial charge in [-0.2, -0.15) is 0 Å². The first-order valence-corrected chi connectivity index (χ1v) is 3.28. The van der Waals surface area contributed by atoms with Gasteiger partial charge in [-0.05, 0) is 18.3 Å². The standard InChI is InChI=1S/C7H13NO/c1-2-7(8)6-3-5(6)4-9/h2,5-7,9H,1,3-4,8H2/t5-,6-,7+/m1/s1. The van der Waals surface area contributed by atoms with Crippen molar-refractivity contribution in [3.8, 4) is 0 Å². The maximum atomic E-state index is 8.63. The predicted octanol–water partition coefficient (Wildman–Crippen LogP) is 0.128. The maximum Gasteiger partial charge on any atom is 0.0462 e. The van der Waals surface area contributed by atoms with E-state index in [0.717, 1.165) is 6.42 Å². The van der Waals surface area contributed by atoms with Gasteiger partial charge in [0.15, 0.2) is 0 Å². The summed E-state index contributed by atoms with van der Waals surface area (Å²) in [6.45, 7) is 3.87. The fraction of sp³-hybridized carbons (Fsp3) is 0.714. The number of aliphatic hydroxyl groups excluding tert-OH is 1. The average Bonchev–Trinajstić information content (AvgIpc) is 2.64. The van der Waals surface area contributed by atoms with Crippen LogP contribution in [0.25, 0.3) is 0 Å². The molecule has 1 aliphatic carbocycles. The second-order valence-electron chi connectivity index (χ2n) is 2.66. The Morgan fingerprint density at radius 3 is 2.89 bits per heavy atom. The van der Waals surface area contributed by atoms with Gasteiger partial charge >= 0.3 is 0 Å². The van der Waals surface area contributed by atoms with Crippen molar-refractivity contribution in [2.45, 2.75) is 12.5 Å². The molecule has 0 aromatic rings. The van der Waals surface area contributed by atoms with Crippen molar-refractivity contribution in [1.82, 2.24) is 0 Å². The summed E-state index contributed by atoms with van der Waals surface area (Å²) in [6.07, 6.45) is 2.82. The van der Waals surface area contributed by atoms with Gasteiger partial charge in [0.25, 0.3) is 0 Å². The molecule has 3 atom stereocenters. The Bertz CT molecular complexity index is 113. The summed E-state index contributed by atoms with van der Waals surface area (Å²) in [5, 5.41) is 8.63. The van der Waals surface area contributed by atoms with Gasteiger partial charge < -0.3 is 10.8 Å². The predicted molar refractivity (Wildman–Crippen MR) is 36.9 cm³/mol. The van der Waals surface area contributed by atoms with Crippen molar-refractivity contribution in [2.24, 2.45) is 17.6 Å². The summed E-state index contributed by atoms with van der Waals surface area (Å²) in [5.74, 6) is 0.963. The average molecular weight is 127 g/mol. The minimum Gasteiger partial charge on any atom is -0.396 e. The van der Waals surface area contributed by atoms with Crippen LogP contribution in [0.1, 0.15) is 6.42 Å². The van der Waals surface area contributed by atoms with E-state index in [9.17, 15) is 0 Å². The molecule has 1 rings (SSSR count). The van der Waals surface area contributed by atoms with Crippen LogP contribution in [0.5, 0.6) is 0 Å².